The molecular formula is C11H15F2NO2. The Morgan fingerprint density at radius 3 is 2.56 bits per heavy atom. The molecule has 0 bridgehead atoms. The lowest BCUT2D eigenvalue weighted by Crippen LogP contribution is -2.13. The predicted octanol–water partition coefficient (Wildman–Crippen LogP) is 2.41. The molecule has 5 heteroatoms. The third-order valence-corrected chi connectivity index (χ3v) is 2.02. The van der Waals surface area contributed by atoms with Gasteiger partial charge in [0.1, 0.15) is 12.4 Å². The monoisotopic (exact) mass is 231 g/mol. The van der Waals surface area contributed by atoms with Crippen LogP contribution >= 0.6 is 0 Å². The summed E-state index contributed by atoms with van der Waals surface area (Å²) in [5, 5.41) is 0. The highest BCUT2D eigenvalue weighted by molar-refractivity contribution is 5.49. The lowest BCUT2D eigenvalue weighted by molar-refractivity contribution is 0.0138. The van der Waals surface area contributed by atoms with Crippen LogP contribution in [0.2, 0.25) is 0 Å². The van der Waals surface area contributed by atoms with E-state index in [1.165, 1.54) is 25.3 Å². The number of anilines is 1. The van der Waals surface area contributed by atoms with Crippen LogP contribution in [-0.4, -0.2) is 20.3 Å². The quantitative estimate of drug-likeness (QED) is 0.625. The predicted molar refractivity (Wildman–Crippen MR) is 57.8 cm³/mol. The van der Waals surface area contributed by atoms with Crippen LogP contribution in [-0.2, 0) is 10.7 Å². The Kier molecular flexibility index (Phi) is 4.06. The molecule has 0 radical (unpaired) electrons. The number of hydrogen-bond acceptors (Lipinski definition) is 3. The first-order chi connectivity index (χ1) is 7.45. The van der Waals surface area contributed by atoms with Crippen molar-refractivity contribution in [3.8, 4) is 5.75 Å². The number of ether oxygens (including phenoxy) is 2. The largest absolute Gasteiger partial charge is 0.491 e. The van der Waals surface area contributed by atoms with Gasteiger partial charge in [-0.2, -0.15) is 0 Å². The lowest BCUT2D eigenvalue weighted by Gasteiger charge is -2.16. The number of halogens is 2. The molecule has 0 spiro atoms. The van der Waals surface area contributed by atoms with Crippen LogP contribution in [0.3, 0.4) is 0 Å². The molecule has 0 aliphatic carbocycles. The molecule has 0 saturated carbocycles. The number of benzene rings is 1. The maximum atomic E-state index is 13.2. The van der Waals surface area contributed by atoms with E-state index in [1.807, 2.05) is 0 Å². The third-order valence-electron chi connectivity index (χ3n) is 2.02. The van der Waals surface area contributed by atoms with Gasteiger partial charge in [0.15, 0.2) is 0 Å². The Hall–Kier alpha value is -1.36. The Bertz CT molecular complexity index is 350. The van der Waals surface area contributed by atoms with Gasteiger partial charge in [0.2, 0.25) is 0 Å². The van der Waals surface area contributed by atoms with Gasteiger partial charge in [-0.3, -0.25) is 0 Å². The minimum atomic E-state index is -2.97. The van der Waals surface area contributed by atoms with Crippen LogP contribution in [0.25, 0.3) is 0 Å². The van der Waals surface area contributed by atoms with Crippen LogP contribution < -0.4 is 10.5 Å². The minimum absolute atomic E-state index is 0.138. The van der Waals surface area contributed by atoms with E-state index in [2.05, 4.69) is 0 Å². The van der Waals surface area contributed by atoms with Crippen molar-refractivity contribution in [2.45, 2.75) is 12.8 Å². The van der Waals surface area contributed by atoms with E-state index >= 15 is 0 Å². The first-order valence-electron chi connectivity index (χ1n) is 4.84. The van der Waals surface area contributed by atoms with Gasteiger partial charge >= 0.3 is 0 Å². The number of methoxy groups -OCH3 is 1. The second-order valence-corrected chi connectivity index (χ2v) is 3.49. The fraction of sp³-hybridized carbons (Fsp3) is 0.455. The minimum Gasteiger partial charge on any atom is -0.491 e. The van der Waals surface area contributed by atoms with E-state index in [0.717, 1.165) is 6.92 Å². The smallest absolute Gasteiger partial charge is 0.274 e. The summed E-state index contributed by atoms with van der Waals surface area (Å²) in [6.45, 7) is 1.38. The van der Waals surface area contributed by atoms with Gasteiger partial charge in [-0.1, -0.05) is 0 Å². The summed E-state index contributed by atoms with van der Waals surface area (Å²) in [5.74, 6) is -2.84. The van der Waals surface area contributed by atoms with E-state index in [0.29, 0.717) is 6.61 Å². The fourth-order valence-corrected chi connectivity index (χ4v) is 1.25. The number of nitrogen functional groups attached to an aromatic ring is 1. The van der Waals surface area contributed by atoms with Crippen molar-refractivity contribution in [3.05, 3.63) is 23.8 Å². The third kappa shape index (κ3) is 3.34. The SMILES string of the molecule is COCCOc1ccc(N)cc1C(C)(F)F. The van der Waals surface area contributed by atoms with Gasteiger partial charge in [0.05, 0.1) is 12.2 Å². The van der Waals surface area contributed by atoms with Crippen molar-refractivity contribution in [3.63, 3.8) is 0 Å². The molecule has 0 aromatic heterocycles. The van der Waals surface area contributed by atoms with Gasteiger partial charge < -0.3 is 15.2 Å². The highest BCUT2D eigenvalue weighted by Gasteiger charge is 2.28. The van der Waals surface area contributed by atoms with Crippen LogP contribution in [0.5, 0.6) is 5.75 Å². The number of nitrogens with two attached hydrogens (primary N) is 1. The molecule has 0 fully saturated rings. The zero-order chi connectivity index (χ0) is 12.2. The van der Waals surface area contributed by atoms with E-state index in [1.54, 1.807) is 0 Å². The van der Waals surface area contributed by atoms with E-state index in [4.69, 9.17) is 15.2 Å². The summed E-state index contributed by atoms with van der Waals surface area (Å²) >= 11 is 0. The molecule has 1 rings (SSSR count). The molecular weight excluding hydrogens is 216 g/mol. The summed E-state index contributed by atoms with van der Waals surface area (Å²) in [5.41, 5.74) is 5.55. The van der Waals surface area contributed by atoms with Crippen LogP contribution in [0.15, 0.2) is 18.2 Å². The maximum absolute atomic E-state index is 13.2. The second kappa shape index (κ2) is 5.12. The van der Waals surface area contributed by atoms with Crippen molar-refractivity contribution in [1.82, 2.24) is 0 Å². The van der Waals surface area contributed by atoms with Crippen LogP contribution in [0.1, 0.15) is 12.5 Å². The molecule has 0 aliphatic heterocycles. The van der Waals surface area contributed by atoms with Crippen LogP contribution in [0, 0.1) is 0 Å². The number of rotatable bonds is 5. The molecule has 3 nitrogen and oxygen atoms in total. The molecule has 0 amide bonds. The summed E-state index contributed by atoms with van der Waals surface area (Å²) in [7, 11) is 1.52. The Morgan fingerprint density at radius 2 is 2.00 bits per heavy atom. The van der Waals surface area contributed by atoms with Crippen LogP contribution in [0.4, 0.5) is 14.5 Å². The molecule has 16 heavy (non-hydrogen) atoms. The molecule has 0 aliphatic rings. The molecule has 1 aromatic rings. The maximum Gasteiger partial charge on any atom is 0.274 e. The molecule has 0 atom stereocenters. The van der Waals surface area contributed by atoms with Crippen molar-refractivity contribution in [1.29, 1.82) is 0 Å². The molecule has 0 unspecified atom stereocenters. The molecule has 0 saturated heterocycles. The lowest BCUT2D eigenvalue weighted by atomic mass is 10.1. The molecule has 0 heterocycles. The Balaban J connectivity index is 2.90. The van der Waals surface area contributed by atoms with Gasteiger partial charge in [-0.15, -0.1) is 0 Å². The van der Waals surface area contributed by atoms with Gasteiger partial charge in [-0.05, 0) is 18.2 Å². The molecule has 90 valence electrons. The normalized spacial score (nSPS) is 11.5. The Morgan fingerprint density at radius 1 is 1.31 bits per heavy atom. The zero-order valence-corrected chi connectivity index (χ0v) is 9.30. The first-order valence-corrected chi connectivity index (χ1v) is 4.84. The van der Waals surface area contributed by atoms with Crippen molar-refractivity contribution in [2.75, 3.05) is 26.1 Å². The molecule has 2 N–H and O–H groups in total. The van der Waals surface area contributed by atoms with Gasteiger partial charge in [0.25, 0.3) is 5.92 Å². The average Bonchev–Trinajstić information content (AvgIpc) is 2.19. The average molecular weight is 231 g/mol. The highest BCUT2D eigenvalue weighted by Crippen LogP contribution is 2.35. The molecule has 1 aromatic carbocycles. The second-order valence-electron chi connectivity index (χ2n) is 3.49. The number of alkyl halides is 2. The number of hydrogen-bond donors (Lipinski definition) is 1. The summed E-state index contributed by atoms with van der Waals surface area (Å²) in [6, 6.07) is 4.19. The summed E-state index contributed by atoms with van der Waals surface area (Å²) in [4.78, 5) is 0. The summed E-state index contributed by atoms with van der Waals surface area (Å²) < 4.78 is 36.4. The topological polar surface area (TPSA) is 44.5 Å². The zero-order valence-electron chi connectivity index (χ0n) is 9.30. The first kappa shape index (κ1) is 12.7. The summed E-state index contributed by atoms with van der Waals surface area (Å²) in [6.07, 6.45) is 0. The van der Waals surface area contributed by atoms with Gasteiger partial charge in [0, 0.05) is 19.7 Å². The van der Waals surface area contributed by atoms with E-state index in [-0.39, 0.29) is 23.6 Å². The van der Waals surface area contributed by atoms with E-state index < -0.39 is 5.92 Å². The van der Waals surface area contributed by atoms with Crippen molar-refractivity contribution < 1.29 is 18.3 Å². The van der Waals surface area contributed by atoms with Gasteiger partial charge in [-0.25, -0.2) is 8.78 Å². The van der Waals surface area contributed by atoms with Crippen molar-refractivity contribution in [2.24, 2.45) is 0 Å². The van der Waals surface area contributed by atoms with E-state index in [9.17, 15) is 8.78 Å². The highest BCUT2D eigenvalue weighted by atomic mass is 19.3. The standard InChI is InChI=1S/C11H15F2NO2/c1-11(12,13)9-7-8(14)3-4-10(9)16-6-5-15-2/h3-4,7H,5-6,14H2,1-2H3. The Labute approximate surface area is 93.2 Å². The fourth-order valence-electron chi connectivity index (χ4n) is 1.25. The van der Waals surface area contributed by atoms with Crippen molar-refractivity contribution >= 4 is 5.69 Å².